The lowest BCUT2D eigenvalue weighted by atomic mass is 10.1. The zero-order valence-electron chi connectivity index (χ0n) is 17.6. The molecule has 0 aliphatic heterocycles. The van der Waals surface area contributed by atoms with Gasteiger partial charge in [-0.05, 0) is 47.9 Å². The highest BCUT2D eigenvalue weighted by Crippen LogP contribution is 2.27. The number of rotatable bonds is 9. The second kappa shape index (κ2) is 10.1. The van der Waals surface area contributed by atoms with Crippen molar-refractivity contribution in [3.63, 3.8) is 0 Å². The van der Waals surface area contributed by atoms with Gasteiger partial charge in [-0.3, -0.25) is 9.10 Å². The standard InChI is InChI=1S/C24H26N2O4S/c1-3-20-9-7-8-12-23(20)26(31(28,29)22-10-5-4-6-11-22)18-24(27)25-17-19-13-15-21(30-2)16-14-19/h4-16H,3,17-18H2,1-2H3,(H,25,27). The number of anilines is 1. The van der Waals surface area contributed by atoms with E-state index in [0.29, 0.717) is 12.1 Å². The Morgan fingerprint density at radius 3 is 2.23 bits per heavy atom. The van der Waals surface area contributed by atoms with Crippen LogP contribution in [0.4, 0.5) is 5.69 Å². The highest BCUT2D eigenvalue weighted by Gasteiger charge is 2.28. The number of para-hydroxylation sites is 1. The molecule has 0 aliphatic rings. The van der Waals surface area contributed by atoms with Crippen molar-refractivity contribution in [1.29, 1.82) is 0 Å². The number of nitrogens with zero attached hydrogens (tertiary/aromatic N) is 1. The summed E-state index contributed by atoms with van der Waals surface area (Å²) in [4.78, 5) is 12.9. The number of hydrogen-bond donors (Lipinski definition) is 1. The Kier molecular flexibility index (Phi) is 7.31. The van der Waals surface area contributed by atoms with Crippen LogP contribution >= 0.6 is 0 Å². The van der Waals surface area contributed by atoms with Crippen molar-refractivity contribution < 1.29 is 17.9 Å². The maximum atomic E-state index is 13.4. The number of methoxy groups -OCH3 is 1. The lowest BCUT2D eigenvalue weighted by molar-refractivity contribution is -0.119. The smallest absolute Gasteiger partial charge is 0.264 e. The van der Waals surface area contributed by atoms with Gasteiger partial charge in [-0.15, -0.1) is 0 Å². The molecule has 3 aromatic carbocycles. The van der Waals surface area contributed by atoms with Gasteiger partial charge < -0.3 is 10.1 Å². The monoisotopic (exact) mass is 438 g/mol. The zero-order valence-corrected chi connectivity index (χ0v) is 18.4. The van der Waals surface area contributed by atoms with Gasteiger partial charge in [0.05, 0.1) is 17.7 Å². The van der Waals surface area contributed by atoms with E-state index in [1.165, 1.54) is 16.4 Å². The molecule has 6 nitrogen and oxygen atoms in total. The summed E-state index contributed by atoms with van der Waals surface area (Å²) in [5.74, 6) is 0.340. The summed E-state index contributed by atoms with van der Waals surface area (Å²) < 4.78 is 33.1. The Morgan fingerprint density at radius 2 is 1.58 bits per heavy atom. The average molecular weight is 439 g/mol. The van der Waals surface area contributed by atoms with E-state index < -0.39 is 10.0 Å². The van der Waals surface area contributed by atoms with Crippen LogP contribution in [0.5, 0.6) is 5.75 Å². The predicted octanol–water partition coefficient (Wildman–Crippen LogP) is 3.77. The van der Waals surface area contributed by atoms with Gasteiger partial charge in [0.1, 0.15) is 12.3 Å². The van der Waals surface area contributed by atoms with Crippen molar-refractivity contribution in [2.75, 3.05) is 18.0 Å². The zero-order chi connectivity index (χ0) is 22.3. The number of carbonyl (C=O) groups is 1. The maximum Gasteiger partial charge on any atom is 0.264 e. The van der Waals surface area contributed by atoms with Crippen LogP contribution in [0.1, 0.15) is 18.1 Å². The van der Waals surface area contributed by atoms with Gasteiger partial charge in [-0.25, -0.2) is 8.42 Å². The van der Waals surface area contributed by atoms with Crippen molar-refractivity contribution in [2.24, 2.45) is 0 Å². The molecule has 0 bridgehead atoms. The first-order chi connectivity index (χ1) is 15.0. The Hall–Kier alpha value is -3.32. The highest BCUT2D eigenvalue weighted by molar-refractivity contribution is 7.92. The van der Waals surface area contributed by atoms with Crippen molar-refractivity contribution in [1.82, 2.24) is 5.32 Å². The van der Waals surface area contributed by atoms with Crippen molar-refractivity contribution >= 4 is 21.6 Å². The Balaban J connectivity index is 1.85. The second-order valence-electron chi connectivity index (χ2n) is 6.93. The van der Waals surface area contributed by atoms with Crippen molar-refractivity contribution in [2.45, 2.75) is 24.8 Å². The molecule has 1 N–H and O–H groups in total. The molecule has 0 atom stereocenters. The van der Waals surface area contributed by atoms with Crippen LogP contribution in [-0.4, -0.2) is 28.0 Å². The van der Waals surface area contributed by atoms with Crippen LogP contribution < -0.4 is 14.4 Å². The van der Waals surface area contributed by atoms with Crippen LogP contribution in [0, 0.1) is 0 Å². The number of hydrogen-bond acceptors (Lipinski definition) is 4. The minimum atomic E-state index is -3.92. The van der Waals surface area contributed by atoms with Crippen LogP contribution in [0.3, 0.4) is 0 Å². The van der Waals surface area contributed by atoms with Crippen molar-refractivity contribution in [3.05, 3.63) is 90.0 Å². The second-order valence-corrected chi connectivity index (χ2v) is 8.79. The fourth-order valence-electron chi connectivity index (χ4n) is 3.20. The number of sulfonamides is 1. The molecule has 3 rings (SSSR count). The topological polar surface area (TPSA) is 75.7 Å². The van der Waals surface area contributed by atoms with Crippen molar-refractivity contribution in [3.8, 4) is 5.75 Å². The summed E-state index contributed by atoms with van der Waals surface area (Å²) >= 11 is 0. The average Bonchev–Trinajstić information content (AvgIpc) is 2.82. The number of amides is 1. The number of carbonyl (C=O) groups excluding carboxylic acids is 1. The van der Waals surface area contributed by atoms with Gasteiger partial charge in [0.15, 0.2) is 0 Å². The first-order valence-corrected chi connectivity index (χ1v) is 11.4. The van der Waals surface area contributed by atoms with Crippen LogP contribution in [0.25, 0.3) is 0 Å². The van der Waals surface area contributed by atoms with E-state index in [-0.39, 0.29) is 23.9 Å². The first kappa shape index (κ1) is 22.4. The molecule has 162 valence electrons. The van der Waals surface area contributed by atoms with Crippen LogP contribution in [-0.2, 0) is 27.8 Å². The molecule has 0 spiro atoms. The van der Waals surface area contributed by atoms with Gasteiger partial charge in [-0.1, -0.05) is 55.5 Å². The van der Waals surface area contributed by atoms with E-state index in [2.05, 4.69) is 5.32 Å². The fourth-order valence-corrected chi connectivity index (χ4v) is 4.68. The molecule has 0 unspecified atom stereocenters. The number of aryl methyl sites for hydroxylation is 1. The normalized spacial score (nSPS) is 11.0. The van der Waals surface area contributed by atoms with E-state index in [4.69, 9.17) is 4.74 Å². The molecule has 0 heterocycles. The molecule has 0 aromatic heterocycles. The molecule has 31 heavy (non-hydrogen) atoms. The molecule has 0 saturated heterocycles. The molecule has 0 radical (unpaired) electrons. The van der Waals surface area contributed by atoms with E-state index >= 15 is 0 Å². The minimum absolute atomic E-state index is 0.142. The van der Waals surface area contributed by atoms with Gasteiger partial charge in [0, 0.05) is 6.54 Å². The van der Waals surface area contributed by atoms with E-state index in [1.807, 2.05) is 43.3 Å². The third-order valence-electron chi connectivity index (χ3n) is 4.91. The number of benzene rings is 3. The molecule has 3 aromatic rings. The lowest BCUT2D eigenvalue weighted by Gasteiger charge is -2.26. The van der Waals surface area contributed by atoms with Crippen LogP contribution in [0.15, 0.2) is 83.8 Å². The number of nitrogens with one attached hydrogen (secondary N) is 1. The predicted molar refractivity (Wildman–Crippen MR) is 122 cm³/mol. The fraction of sp³-hybridized carbons (Fsp3) is 0.208. The number of ether oxygens (including phenoxy) is 1. The van der Waals surface area contributed by atoms with Gasteiger partial charge >= 0.3 is 0 Å². The van der Waals surface area contributed by atoms with E-state index in [0.717, 1.165) is 16.9 Å². The third-order valence-corrected chi connectivity index (χ3v) is 6.68. The first-order valence-electron chi connectivity index (χ1n) is 10.0. The Bertz CT molecular complexity index is 1110. The SMILES string of the molecule is CCc1ccccc1N(CC(=O)NCc1ccc(OC)cc1)S(=O)(=O)c1ccccc1. The molecule has 0 saturated carbocycles. The third kappa shape index (κ3) is 5.44. The largest absolute Gasteiger partial charge is 0.497 e. The lowest BCUT2D eigenvalue weighted by Crippen LogP contribution is -2.41. The Morgan fingerprint density at radius 1 is 0.935 bits per heavy atom. The van der Waals surface area contributed by atoms with E-state index in [9.17, 15) is 13.2 Å². The van der Waals surface area contributed by atoms with Gasteiger partial charge in [0.2, 0.25) is 5.91 Å². The Labute approximate surface area is 183 Å². The molecular weight excluding hydrogens is 412 g/mol. The quantitative estimate of drug-likeness (QED) is 0.552. The molecule has 0 aliphatic carbocycles. The van der Waals surface area contributed by atoms with Gasteiger partial charge in [-0.2, -0.15) is 0 Å². The summed E-state index contributed by atoms with van der Waals surface area (Å²) in [6.45, 7) is 1.93. The molecular formula is C24H26N2O4S. The van der Waals surface area contributed by atoms with E-state index in [1.54, 1.807) is 37.4 Å². The summed E-state index contributed by atoms with van der Waals surface area (Å²) in [6, 6.07) is 22.7. The maximum absolute atomic E-state index is 13.4. The van der Waals surface area contributed by atoms with Crippen LogP contribution in [0.2, 0.25) is 0 Å². The summed E-state index contributed by atoms with van der Waals surface area (Å²) in [5, 5.41) is 2.81. The minimum Gasteiger partial charge on any atom is -0.497 e. The molecule has 0 fully saturated rings. The highest BCUT2D eigenvalue weighted by atomic mass is 32.2. The summed E-state index contributed by atoms with van der Waals surface area (Å²) in [7, 11) is -2.33. The summed E-state index contributed by atoms with van der Waals surface area (Å²) in [6.07, 6.45) is 0.643. The summed E-state index contributed by atoms with van der Waals surface area (Å²) in [5.41, 5.74) is 2.25. The van der Waals surface area contributed by atoms with Gasteiger partial charge in [0.25, 0.3) is 10.0 Å². The molecule has 1 amide bonds. The molecule has 7 heteroatoms.